The lowest BCUT2D eigenvalue weighted by Crippen LogP contribution is -2.46. The van der Waals surface area contributed by atoms with Gasteiger partial charge < -0.3 is 0 Å². The van der Waals surface area contributed by atoms with E-state index in [-0.39, 0.29) is 0 Å². The smallest absolute Gasteiger partial charge is 0.188 e. The van der Waals surface area contributed by atoms with E-state index in [4.69, 9.17) is 11.6 Å². The van der Waals surface area contributed by atoms with Gasteiger partial charge in [0.25, 0.3) is 0 Å². The molecule has 1 aliphatic rings. The molecule has 0 bridgehead atoms. The molecule has 6 nitrogen and oxygen atoms in total. The van der Waals surface area contributed by atoms with Gasteiger partial charge >= 0.3 is 0 Å². The maximum Gasteiger partial charge on any atom is 0.188 e. The van der Waals surface area contributed by atoms with Gasteiger partial charge in [0.2, 0.25) is 0 Å². The SMILES string of the molecule is Cn1nnc(CN2CCN(CCCl)CC2)n1. The molecule has 7 heteroatoms. The average Bonchev–Trinajstić information content (AvgIpc) is 2.67. The van der Waals surface area contributed by atoms with E-state index in [0.717, 1.165) is 45.1 Å². The van der Waals surface area contributed by atoms with E-state index >= 15 is 0 Å². The molecule has 1 saturated heterocycles. The highest BCUT2D eigenvalue weighted by Crippen LogP contribution is 2.04. The number of piperazine rings is 1. The first kappa shape index (κ1) is 11.8. The lowest BCUT2D eigenvalue weighted by molar-refractivity contribution is 0.130. The van der Waals surface area contributed by atoms with Gasteiger partial charge in [-0.1, -0.05) is 0 Å². The fraction of sp³-hybridized carbons (Fsp3) is 0.889. The fourth-order valence-electron chi connectivity index (χ4n) is 1.88. The molecule has 1 fully saturated rings. The van der Waals surface area contributed by atoms with Crippen molar-refractivity contribution in [1.82, 2.24) is 30.0 Å². The molecule has 0 atom stereocenters. The molecule has 0 aliphatic carbocycles. The summed E-state index contributed by atoms with van der Waals surface area (Å²) in [6.07, 6.45) is 0. The number of aryl methyl sites for hydroxylation is 1. The number of nitrogens with zero attached hydrogens (tertiary/aromatic N) is 6. The number of halogens is 1. The highest BCUT2D eigenvalue weighted by molar-refractivity contribution is 6.18. The predicted molar refractivity (Wildman–Crippen MR) is 61.2 cm³/mol. The number of alkyl halides is 1. The zero-order valence-corrected chi connectivity index (χ0v) is 10.3. The van der Waals surface area contributed by atoms with Gasteiger partial charge in [0.15, 0.2) is 5.82 Å². The van der Waals surface area contributed by atoms with Crippen LogP contribution in [0.25, 0.3) is 0 Å². The number of hydrogen-bond donors (Lipinski definition) is 0. The van der Waals surface area contributed by atoms with Gasteiger partial charge in [0.1, 0.15) is 0 Å². The summed E-state index contributed by atoms with van der Waals surface area (Å²) in [4.78, 5) is 6.23. The second kappa shape index (κ2) is 5.56. The second-order valence-corrected chi connectivity index (χ2v) is 4.38. The third-order valence-electron chi connectivity index (χ3n) is 2.78. The van der Waals surface area contributed by atoms with Crippen molar-refractivity contribution < 1.29 is 0 Å². The minimum absolute atomic E-state index is 0.714. The summed E-state index contributed by atoms with van der Waals surface area (Å²) in [5, 5.41) is 12.0. The molecular formula is C9H17ClN6. The Hall–Kier alpha value is -0.720. The van der Waals surface area contributed by atoms with Crippen molar-refractivity contribution in [3.8, 4) is 0 Å². The van der Waals surface area contributed by atoms with Gasteiger partial charge in [-0.25, -0.2) is 0 Å². The summed E-state index contributed by atoms with van der Waals surface area (Å²) in [6.45, 7) is 6.03. The molecule has 1 aromatic rings. The van der Waals surface area contributed by atoms with Crippen molar-refractivity contribution in [2.45, 2.75) is 6.54 Å². The first-order valence-corrected chi connectivity index (χ1v) is 6.05. The van der Waals surface area contributed by atoms with Crippen LogP contribution in [0.15, 0.2) is 0 Å². The predicted octanol–water partition coefficient (Wildman–Crippen LogP) is -0.433. The van der Waals surface area contributed by atoms with Gasteiger partial charge in [-0.2, -0.15) is 4.80 Å². The Morgan fingerprint density at radius 2 is 1.88 bits per heavy atom. The largest absolute Gasteiger partial charge is 0.300 e. The number of tetrazole rings is 1. The van der Waals surface area contributed by atoms with Crippen molar-refractivity contribution in [2.75, 3.05) is 38.6 Å². The van der Waals surface area contributed by atoms with E-state index < -0.39 is 0 Å². The van der Waals surface area contributed by atoms with Crippen LogP contribution in [0.1, 0.15) is 5.82 Å². The lowest BCUT2D eigenvalue weighted by atomic mass is 10.3. The molecule has 16 heavy (non-hydrogen) atoms. The van der Waals surface area contributed by atoms with E-state index in [1.165, 1.54) is 4.80 Å². The summed E-state index contributed by atoms with van der Waals surface area (Å²) in [7, 11) is 1.79. The normalized spacial score (nSPS) is 19.1. The molecule has 2 rings (SSSR count). The topological polar surface area (TPSA) is 50.1 Å². The Morgan fingerprint density at radius 1 is 1.19 bits per heavy atom. The van der Waals surface area contributed by atoms with Gasteiger partial charge in [0, 0.05) is 38.6 Å². The molecule has 0 aromatic carbocycles. The molecule has 90 valence electrons. The van der Waals surface area contributed by atoms with Crippen LogP contribution in [0.3, 0.4) is 0 Å². The number of rotatable bonds is 4. The van der Waals surface area contributed by atoms with Crippen LogP contribution in [-0.4, -0.2) is 68.6 Å². The zero-order chi connectivity index (χ0) is 11.4. The van der Waals surface area contributed by atoms with Crippen LogP contribution in [0.2, 0.25) is 0 Å². The van der Waals surface area contributed by atoms with Crippen LogP contribution in [-0.2, 0) is 13.6 Å². The minimum Gasteiger partial charge on any atom is -0.300 e. The van der Waals surface area contributed by atoms with E-state index in [1.807, 2.05) is 0 Å². The molecular weight excluding hydrogens is 228 g/mol. The Morgan fingerprint density at radius 3 is 2.44 bits per heavy atom. The maximum absolute atomic E-state index is 5.72. The maximum atomic E-state index is 5.72. The highest BCUT2D eigenvalue weighted by atomic mass is 35.5. The number of hydrogen-bond acceptors (Lipinski definition) is 5. The Labute approximate surface area is 100 Å². The molecule has 1 aromatic heterocycles. The highest BCUT2D eigenvalue weighted by Gasteiger charge is 2.17. The summed E-state index contributed by atoms with van der Waals surface area (Å²) in [5.41, 5.74) is 0. The molecule has 0 spiro atoms. The lowest BCUT2D eigenvalue weighted by Gasteiger charge is -2.33. The molecule has 1 aliphatic heterocycles. The standard InChI is InChI=1S/C9H17ClN6/c1-14-12-9(11-13-14)8-16-6-4-15(3-2-10)5-7-16/h2-8H2,1H3. The molecule has 0 unspecified atom stereocenters. The first-order valence-electron chi connectivity index (χ1n) is 5.51. The zero-order valence-electron chi connectivity index (χ0n) is 9.51. The molecule has 0 radical (unpaired) electrons. The third kappa shape index (κ3) is 3.13. The summed E-state index contributed by atoms with van der Waals surface area (Å²) in [5.74, 6) is 1.51. The van der Waals surface area contributed by atoms with Crippen LogP contribution in [0, 0.1) is 0 Å². The van der Waals surface area contributed by atoms with Crippen LogP contribution >= 0.6 is 11.6 Å². The summed E-state index contributed by atoms with van der Waals surface area (Å²) in [6, 6.07) is 0. The third-order valence-corrected chi connectivity index (χ3v) is 2.95. The summed E-state index contributed by atoms with van der Waals surface area (Å²) < 4.78 is 0. The van der Waals surface area contributed by atoms with E-state index in [2.05, 4.69) is 25.2 Å². The first-order chi connectivity index (χ1) is 7.78. The van der Waals surface area contributed by atoms with E-state index in [0.29, 0.717) is 5.88 Å². The van der Waals surface area contributed by atoms with Gasteiger partial charge in [-0.15, -0.1) is 21.8 Å². The Bertz CT molecular complexity index is 320. The quantitative estimate of drug-likeness (QED) is 0.673. The Balaban J connectivity index is 1.77. The molecule has 0 N–H and O–H groups in total. The van der Waals surface area contributed by atoms with Crippen molar-refractivity contribution in [3.05, 3.63) is 5.82 Å². The van der Waals surface area contributed by atoms with Crippen LogP contribution < -0.4 is 0 Å². The number of aromatic nitrogens is 4. The van der Waals surface area contributed by atoms with E-state index in [1.54, 1.807) is 7.05 Å². The van der Waals surface area contributed by atoms with Crippen molar-refractivity contribution in [1.29, 1.82) is 0 Å². The second-order valence-electron chi connectivity index (χ2n) is 4.00. The monoisotopic (exact) mass is 244 g/mol. The van der Waals surface area contributed by atoms with Crippen LogP contribution in [0.5, 0.6) is 0 Å². The Kier molecular flexibility index (Phi) is 4.09. The van der Waals surface area contributed by atoms with Gasteiger partial charge in [-0.3, -0.25) is 9.80 Å². The minimum atomic E-state index is 0.714. The van der Waals surface area contributed by atoms with Crippen molar-refractivity contribution in [3.63, 3.8) is 0 Å². The van der Waals surface area contributed by atoms with Gasteiger partial charge in [-0.05, 0) is 5.21 Å². The average molecular weight is 245 g/mol. The van der Waals surface area contributed by atoms with Gasteiger partial charge in [0.05, 0.1) is 13.6 Å². The van der Waals surface area contributed by atoms with Crippen molar-refractivity contribution >= 4 is 11.6 Å². The summed E-state index contributed by atoms with van der Waals surface area (Å²) >= 11 is 5.72. The van der Waals surface area contributed by atoms with Crippen LogP contribution in [0.4, 0.5) is 0 Å². The molecule has 2 heterocycles. The molecule has 0 amide bonds. The van der Waals surface area contributed by atoms with Crippen molar-refractivity contribution in [2.24, 2.45) is 7.05 Å². The van der Waals surface area contributed by atoms with E-state index in [9.17, 15) is 0 Å². The molecule has 0 saturated carbocycles. The fourth-order valence-corrected chi connectivity index (χ4v) is 2.12.